The van der Waals surface area contributed by atoms with E-state index in [1.54, 1.807) is 27.7 Å². The molecule has 2 unspecified atom stereocenters. The van der Waals surface area contributed by atoms with Gasteiger partial charge >= 0.3 is 29.0 Å². The summed E-state index contributed by atoms with van der Waals surface area (Å²) in [4.78, 5) is 99.3. The molecule has 0 spiro atoms. The number of carbonyl (C=O) groups excluding carboxylic acids is 2. The third-order valence-electron chi connectivity index (χ3n) is 11.8. The minimum atomic E-state index is -1.40. The van der Waals surface area contributed by atoms with Gasteiger partial charge in [0.2, 0.25) is 0 Å². The molecule has 5 fully saturated rings. The molecule has 0 saturated carbocycles. The van der Waals surface area contributed by atoms with E-state index >= 15 is 0 Å². The molecule has 3 aromatic heterocycles. The number of aromatic nitrogens is 6. The van der Waals surface area contributed by atoms with Crippen LogP contribution in [0.5, 0.6) is 0 Å². The van der Waals surface area contributed by atoms with Gasteiger partial charge in [0.1, 0.15) is 68.1 Å². The molecule has 5 aliphatic heterocycles. The van der Waals surface area contributed by atoms with Crippen LogP contribution in [0.2, 0.25) is 0 Å². The van der Waals surface area contributed by atoms with Crippen LogP contribution in [-0.4, -0.2) is 142 Å². The van der Waals surface area contributed by atoms with Gasteiger partial charge in [-0.25, -0.2) is 14.4 Å². The van der Waals surface area contributed by atoms with E-state index in [1.165, 1.54) is 33.7 Å². The molecular weight excluding hydrogens is 981 g/mol. The smallest absolute Gasteiger partial charge is 0.330 e. The molecule has 0 aliphatic carbocycles. The summed E-state index contributed by atoms with van der Waals surface area (Å²) in [6.07, 6.45) is 5.41. The van der Waals surface area contributed by atoms with Crippen LogP contribution in [0.4, 0.5) is 0 Å². The second-order valence-electron chi connectivity index (χ2n) is 18.2. The van der Waals surface area contributed by atoms with Gasteiger partial charge in [-0.3, -0.25) is 52.6 Å². The molecule has 410 valence electrons. The third-order valence-corrected chi connectivity index (χ3v) is 11.8. The number of allylic oxidation sites excluding steroid dienone is 4. The lowest BCUT2D eigenvalue weighted by Crippen LogP contribution is -2.37. The quantitative estimate of drug-likeness (QED) is 0.0828. The number of H-pyrrole nitrogens is 3. The Hall–Kier alpha value is -5.94. The Kier molecular flexibility index (Phi) is 20.7. The maximum absolute atomic E-state index is 12.2. The predicted octanol–water partition coefficient (Wildman–Crippen LogP) is 0.272. The van der Waals surface area contributed by atoms with E-state index in [1.807, 2.05) is 43.1 Å². The fourth-order valence-corrected chi connectivity index (χ4v) is 8.49. The number of esters is 2. The number of ether oxygens (including phenoxy) is 9. The molecule has 74 heavy (non-hydrogen) atoms. The summed E-state index contributed by atoms with van der Waals surface area (Å²) >= 11 is 0. The molecule has 26 heteroatoms. The first-order valence-electron chi connectivity index (χ1n) is 23.9. The molecule has 5 aliphatic rings. The summed E-state index contributed by atoms with van der Waals surface area (Å²) in [5.74, 6) is -2.45. The first-order chi connectivity index (χ1) is 34.6. The minimum Gasteiger partial charge on any atom is -0.463 e. The number of hydrogen-bond donors (Lipinski definition) is 6. The Bertz CT molecular complexity index is 2770. The maximum atomic E-state index is 12.2. The molecule has 0 aromatic carbocycles. The van der Waals surface area contributed by atoms with Crippen LogP contribution < -0.4 is 33.7 Å². The topological polar surface area (TPSA) is 342 Å². The van der Waals surface area contributed by atoms with Crippen molar-refractivity contribution < 1.29 is 67.5 Å². The lowest BCUT2D eigenvalue weighted by Gasteiger charge is -2.24. The Morgan fingerprint density at radius 2 is 0.932 bits per heavy atom. The third kappa shape index (κ3) is 14.9. The monoisotopic (exact) mass is 1050 g/mol. The van der Waals surface area contributed by atoms with Crippen LogP contribution in [0.15, 0.2) is 89.9 Å². The van der Waals surface area contributed by atoms with Gasteiger partial charge < -0.3 is 58.0 Å². The van der Waals surface area contributed by atoms with E-state index in [0.717, 1.165) is 29.7 Å². The van der Waals surface area contributed by atoms with E-state index in [2.05, 4.69) is 9.97 Å². The highest BCUT2D eigenvalue weighted by atomic mass is 16.8. The first kappa shape index (κ1) is 58.9. The molecule has 12 atom stereocenters. The first-order valence-corrected chi connectivity index (χ1v) is 23.9. The molecule has 0 radical (unpaired) electrons. The Morgan fingerprint density at radius 1 is 0.568 bits per heavy atom. The number of aliphatic hydroxyl groups excluding tert-OH is 3. The second kappa shape index (κ2) is 26.0. The molecular formula is C48H68N6O20. The van der Waals surface area contributed by atoms with E-state index < -0.39 is 125 Å². The van der Waals surface area contributed by atoms with Crippen molar-refractivity contribution >= 4 is 11.9 Å². The minimum absolute atomic E-state index is 0. The number of aromatic amines is 3. The zero-order chi connectivity index (χ0) is 53.2. The van der Waals surface area contributed by atoms with Crippen LogP contribution in [-0.2, 0) is 52.2 Å². The number of nitrogens with zero attached hydrogens (tertiary/aromatic N) is 3. The van der Waals surface area contributed by atoms with Gasteiger partial charge in [0.15, 0.2) is 30.3 Å². The van der Waals surface area contributed by atoms with Crippen LogP contribution >= 0.6 is 0 Å². The van der Waals surface area contributed by atoms with Crippen molar-refractivity contribution in [2.45, 2.75) is 173 Å². The van der Waals surface area contributed by atoms with E-state index in [9.17, 15) is 53.7 Å². The lowest BCUT2D eigenvalue weighted by atomic mass is 10.1. The van der Waals surface area contributed by atoms with Crippen molar-refractivity contribution in [1.82, 2.24) is 28.7 Å². The normalized spacial score (nSPS) is 29.1. The predicted molar refractivity (Wildman–Crippen MR) is 258 cm³/mol. The van der Waals surface area contributed by atoms with E-state index in [4.69, 9.17) is 42.6 Å². The summed E-state index contributed by atoms with van der Waals surface area (Å²) < 4.78 is 54.1. The number of aliphatic hydroxyl groups is 3. The summed E-state index contributed by atoms with van der Waals surface area (Å²) in [6, 6.07) is 3.56. The van der Waals surface area contributed by atoms with Gasteiger partial charge in [-0.15, -0.1) is 0 Å². The molecule has 8 rings (SSSR count). The summed E-state index contributed by atoms with van der Waals surface area (Å²) in [7, 11) is 0. The van der Waals surface area contributed by atoms with Crippen molar-refractivity contribution in [3.8, 4) is 0 Å². The molecule has 3 aromatic rings. The molecule has 0 bridgehead atoms. The largest absolute Gasteiger partial charge is 0.463 e. The highest BCUT2D eigenvalue weighted by Crippen LogP contribution is 2.44. The van der Waals surface area contributed by atoms with Gasteiger partial charge in [0.05, 0.1) is 6.61 Å². The number of carbonyl (C=O) groups is 2. The van der Waals surface area contributed by atoms with Crippen LogP contribution in [0, 0.1) is 0 Å². The summed E-state index contributed by atoms with van der Waals surface area (Å²) in [5, 5.41) is 29.4. The van der Waals surface area contributed by atoms with Gasteiger partial charge in [-0.05, 0) is 53.4 Å². The summed E-state index contributed by atoms with van der Waals surface area (Å²) in [5.41, 5.74) is -3.54. The average molecular weight is 1050 g/mol. The van der Waals surface area contributed by atoms with Crippen molar-refractivity contribution in [1.29, 1.82) is 0 Å². The van der Waals surface area contributed by atoms with Gasteiger partial charge in [0, 0.05) is 49.6 Å². The van der Waals surface area contributed by atoms with Crippen molar-refractivity contribution in [3.63, 3.8) is 0 Å². The zero-order valence-electron chi connectivity index (χ0n) is 41.2. The van der Waals surface area contributed by atoms with Gasteiger partial charge in [-0.1, -0.05) is 45.6 Å². The maximum Gasteiger partial charge on any atom is 0.330 e. The molecule has 0 amide bonds. The number of hydrogen-bond acceptors (Lipinski definition) is 20. The van der Waals surface area contributed by atoms with Crippen LogP contribution in [0.1, 0.15) is 106 Å². The van der Waals surface area contributed by atoms with E-state index in [-0.39, 0.29) is 46.1 Å². The molecule has 8 heterocycles. The number of nitrogens with one attached hydrogen (secondary N) is 3. The van der Waals surface area contributed by atoms with Crippen LogP contribution in [0.25, 0.3) is 0 Å². The molecule has 6 N–H and O–H groups in total. The SMILES string of the molecule is C.CC/C=C\CCC(=O)OCC1O[C@@H](n2ccc(=O)[nH]c2=O)[C@@H]2OC(C)(C)O[C@H]12.CC/C=C\CCC(=O)OCC1O[C@@H](n2ccc(=O)[nH]c2=O)[C@H](O)[C@@H]1O.CC1(C)O[C@@H]2[C@H](O1)[C@@H](CO)O[C@H]2n1ccc(=O)[nH]c1=O. The summed E-state index contributed by atoms with van der Waals surface area (Å²) in [6.45, 7) is 10.6. The highest BCUT2D eigenvalue weighted by molar-refractivity contribution is 5.69. The Morgan fingerprint density at radius 3 is 1.34 bits per heavy atom. The average Bonchev–Trinajstić information content (AvgIpc) is 4.10. The fraction of sp³-hybridized carbons (Fsp3) is 0.625. The fourth-order valence-electron chi connectivity index (χ4n) is 8.49. The Balaban J connectivity index is 0.000000207. The highest BCUT2D eigenvalue weighted by Gasteiger charge is 2.57. The van der Waals surface area contributed by atoms with Gasteiger partial charge in [-0.2, -0.15) is 0 Å². The molecule has 5 saturated heterocycles. The van der Waals surface area contributed by atoms with Crippen molar-refractivity contribution in [2.75, 3.05) is 19.8 Å². The van der Waals surface area contributed by atoms with Crippen LogP contribution in [0.3, 0.4) is 0 Å². The second-order valence-corrected chi connectivity index (χ2v) is 18.2. The number of fused-ring (bicyclic) bond motifs is 2. The standard InChI is InChI=1S/C19H26N2O7.C16H22N2O7.C12H16N2O6.CH4/c1-4-5-6-7-8-14(23)25-11-12-15-16(28-19(2,3)27-15)17(26-12)21-10-9-13(22)20-18(21)24;1-2-3-4-5-6-12(20)24-9-10-13(21)14(22)15(25-10)18-8-7-11(19)17-16(18)23;1-12(2)19-8-6(5-15)18-10(9(8)20-12)14-4-3-7(16)13-11(14)17;/h5-6,9-10,12,15-17H,4,7-8,11H2,1-3H3,(H,20,22,24);3-4,7-8,10,13-15,21-22H,2,5-6,9H2,1H3,(H,17,19,23);3-4,6,8-10,15H,5H2,1-2H3,(H,13,16,17);1H4/b6-5-;4-3-;;/t12?,15-,16-,17-;10?,13-,14-,15-;6-,8-,9-,10-;/m111./s1. The lowest BCUT2D eigenvalue weighted by molar-refractivity contribution is -0.203. The Labute approximate surface area is 423 Å². The number of rotatable bonds is 16. The van der Waals surface area contributed by atoms with Crippen molar-refractivity contribution in [3.05, 3.63) is 124 Å². The van der Waals surface area contributed by atoms with Crippen molar-refractivity contribution in [2.24, 2.45) is 0 Å². The van der Waals surface area contributed by atoms with E-state index in [0.29, 0.717) is 12.8 Å². The molecule has 26 nitrogen and oxygen atoms in total. The van der Waals surface area contributed by atoms with Gasteiger partial charge in [0.25, 0.3) is 16.7 Å². The zero-order valence-corrected chi connectivity index (χ0v) is 41.2.